The average Bonchev–Trinajstić information content (AvgIpc) is 2.40. The normalized spacial score (nSPS) is 10.9. The summed E-state index contributed by atoms with van der Waals surface area (Å²) in [4.78, 5) is 6.92. The molecule has 3 heteroatoms. The van der Waals surface area contributed by atoms with Crippen LogP contribution in [0.15, 0.2) is 48.5 Å². The monoisotopic (exact) mass is 255 g/mol. The summed E-state index contributed by atoms with van der Waals surface area (Å²) in [5.74, 6) is 0. The lowest BCUT2D eigenvalue weighted by Gasteiger charge is -2.16. The van der Waals surface area contributed by atoms with Gasteiger partial charge in [0.1, 0.15) is 0 Å². The number of hydrogen-bond acceptors (Lipinski definition) is 3. The predicted octanol–water partition coefficient (Wildman–Crippen LogP) is 2.43. The van der Waals surface area contributed by atoms with Crippen LogP contribution in [0.2, 0.25) is 0 Å². The Labute approximate surface area is 115 Å². The molecule has 0 amide bonds. The Balaban J connectivity index is 1.95. The van der Waals surface area contributed by atoms with Crippen LogP contribution in [0.3, 0.4) is 0 Å². The maximum Gasteiger partial charge on any atom is 0.0547 e. The molecule has 1 heterocycles. The van der Waals surface area contributed by atoms with E-state index in [-0.39, 0.29) is 0 Å². The third kappa shape index (κ3) is 4.47. The van der Waals surface area contributed by atoms with Crippen molar-refractivity contribution in [1.82, 2.24) is 15.2 Å². The van der Waals surface area contributed by atoms with Crippen LogP contribution in [-0.2, 0) is 19.6 Å². The summed E-state index contributed by atoms with van der Waals surface area (Å²) in [5.41, 5.74) is 3.54. The first-order valence-electron chi connectivity index (χ1n) is 6.60. The van der Waals surface area contributed by atoms with Crippen molar-refractivity contribution in [2.45, 2.75) is 19.6 Å². The van der Waals surface area contributed by atoms with E-state index in [1.54, 1.807) is 0 Å². The second kappa shape index (κ2) is 7.02. The predicted molar refractivity (Wildman–Crippen MR) is 78.6 cm³/mol. The van der Waals surface area contributed by atoms with Gasteiger partial charge in [0.2, 0.25) is 0 Å². The van der Waals surface area contributed by atoms with Crippen LogP contribution in [0.1, 0.15) is 17.0 Å². The molecule has 0 atom stereocenters. The lowest BCUT2D eigenvalue weighted by atomic mass is 10.2. The first-order valence-corrected chi connectivity index (χ1v) is 6.60. The highest BCUT2D eigenvalue weighted by atomic mass is 15.1. The van der Waals surface area contributed by atoms with Gasteiger partial charge in [-0.25, -0.2) is 0 Å². The van der Waals surface area contributed by atoms with Crippen LogP contribution >= 0.6 is 0 Å². The van der Waals surface area contributed by atoms with Crippen LogP contribution in [0.4, 0.5) is 0 Å². The van der Waals surface area contributed by atoms with Gasteiger partial charge in [0, 0.05) is 19.6 Å². The van der Waals surface area contributed by atoms with Gasteiger partial charge >= 0.3 is 0 Å². The Kier molecular flexibility index (Phi) is 5.07. The molecule has 0 aliphatic heterocycles. The van der Waals surface area contributed by atoms with Crippen LogP contribution in [0.5, 0.6) is 0 Å². The van der Waals surface area contributed by atoms with Crippen molar-refractivity contribution in [3.63, 3.8) is 0 Å². The minimum atomic E-state index is 0.816. The summed E-state index contributed by atoms with van der Waals surface area (Å²) in [5, 5.41) is 3.13. The zero-order valence-corrected chi connectivity index (χ0v) is 11.6. The fourth-order valence-electron chi connectivity index (χ4n) is 2.12. The Hall–Kier alpha value is -1.71. The number of hydrogen-bond donors (Lipinski definition) is 1. The number of nitrogens with one attached hydrogen (secondary N) is 1. The number of nitrogens with zero attached hydrogens (tertiary/aromatic N) is 2. The highest BCUT2D eigenvalue weighted by Gasteiger charge is 2.03. The first kappa shape index (κ1) is 13.7. The molecule has 19 heavy (non-hydrogen) atoms. The van der Waals surface area contributed by atoms with E-state index < -0.39 is 0 Å². The van der Waals surface area contributed by atoms with Crippen LogP contribution < -0.4 is 5.32 Å². The highest BCUT2D eigenvalue weighted by molar-refractivity contribution is 5.15. The standard InChI is InChI=1S/C16H21N3/c1-17-11-15-9-6-10-16(18-15)13-19(2)12-14-7-4-3-5-8-14/h3-10,17H,11-13H2,1-2H3. The van der Waals surface area contributed by atoms with Gasteiger partial charge < -0.3 is 5.32 Å². The Morgan fingerprint density at radius 1 is 0.947 bits per heavy atom. The van der Waals surface area contributed by atoms with E-state index in [1.807, 2.05) is 13.1 Å². The second-order valence-electron chi connectivity index (χ2n) is 4.81. The SMILES string of the molecule is CNCc1cccc(CN(C)Cc2ccccc2)n1. The molecule has 0 aliphatic carbocycles. The topological polar surface area (TPSA) is 28.2 Å². The molecular weight excluding hydrogens is 234 g/mol. The minimum absolute atomic E-state index is 0.816. The van der Waals surface area contributed by atoms with Crippen molar-refractivity contribution in [1.29, 1.82) is 0 Å². The van der Waals surface area contributed by atoms with Gasteiger partial charge in [-0.05, 0) is 31.8 Å². The molecule has 1 aromatic heterocycles. The Morgan fingerprint density at radius 3 is 2.42 bits per heavy atom. The van der Waals surface area contributed by atoms with Crippen LogP contribution in [0, 0.1) is 0 Å². The zero-order chi connectivity index (χ0) is 13.5. The molecule has 100 valence electrons. The molecule has 0 aliphatic rings. The molecule has 2 aromatic rings. The molecule has 2 rings (SSSR count). The maximum absolute atomic E-state index is 4.64. The summed E-state index contributed by atoms with van der Waals surface area (Å²) in [6, 6.07) is 16.7. The third-order valence-corrected chi connectivity index (χ3v) is 2.95. The van der Waals surface area contributed by atoms with Crippen molar-refractivity contribution in [3.8, 4) is 0 Å². The first-order chi connectivity index (χ1) is 9.28. The van der Waals surface area contributed by atoms with Gasteiger partial charge in [-0.15, -0.1) is 0 Å². The number of aromatic nitrogens is 1. The summed E-state index contributed by atoms with van der Waals surface area (Å²) in [6.45, 7) is 2.63. The van der Waals surface area contributed by atoms with Gasteiger partial charge in [0.05, 0.1) is 11.4 Å². The summed E-state index contributed by atoms with van der Waals surface area (Å²) in [7, 11) is 4.06. The van der Waals surface area contributed by atoms with Gasteiger partial charge in [-0.2, -0.15) is 0 Å². The van der Waals surface area contributed by atoms with E-state index in [9.17, 15) is 0 Å². The van der Waals surface area contributed by atoms with Crippen molar-refractivity contribution in [3.05, 3.63) is 65.5 Å². The van der Waals surface area contributed by atoms with E-state index >= 15 is 0 Å². The highest BCUT2D eigenvalue weighted by Crippen LogP contribution is 2.07. The fourth-order valence-corrected chi connectivity index (χ4v) is 2.12. The summed E-state index contributed by atoms with van der Waals surface area (Å²) in [6.07, 6.45) is 0. The van der Waals surface area contributed by atoms with E-state index in [0.717, 1.165) is 31.0 Å². The van der Waals surface area contributed by atoms with Crippen molar-refractivity contribution in [2.24, 2.45) is 0 Å². The lowest BCUT2D eigenvalue weighted by Crippen LogP contribution is -2.18. The average molecular weight is 255 g/mol. The second-order valence-corrected chi connectivity index (χ2v) is 4.81. The van der Waals surface area contributed by atoms with Gasteiger partial charge in [-0.1, -0.05) is 36.4 Å². The quantitative estimate of drug-likeness (QED) is 0.859. The molecule has 0 bridgehead atoms. The molecule has 1 aromatic carbocycles. The lowest BCUT2D eigenvalue weighted by molar-refractivity contribution is 0.315. The van der Waals surface area contributed by atoms with Crippen LogP contribution in [-0.4, -0.2) is 24.0 Å². The van der Waals surface area contributed by atoms with Gasteiger partial charge in [-0.3, -0.25) is 9.88 Å². The molecule has 3 nitrogen and oxygen atoms in total. The van der Waals surface area contributed by atoms with Gasteiger partial charge in [0.25, 0.3) is 0 Å². The molecule has 0 radical (unpaired) electrons. The van der Waals surface area contributed by atoms with E-state index in [0.29, 0.717) is 0 Å². The summed E-state index contributed by atoms with van der Waals surface area (Å²) >= 11 is 0. The minimum Gasteiger partial charge on any atom is -0.314 e. The Bertz CT molecular complexity index is 496. The van der Waals surface area contributed by atoms with E-state index in [4.69, 9.17) is 0 Å². The molecule has 0 unspecified atom stereocenters. The van der Waals surface area contributed by atoms with Crippen molar-refractivity contribution in [2.75, 3.05) is 14.1 Å². The van der Waals surface area contributed by atoms with Gasteiger partial charge in [0.15, 0.2) is 0 Å². The molecule has 0 saturated heterocycles. The van der Waals surface area contributed by atoms with Crippen molar-refractivity contribution < 1.29 is 0 Å². The van der Waals surface area contributed by atoms with E-state index in [1.165, 1.54) is 5.56 Å². The fraction of sp³-hybridized carbons (Fsp3) is 0.312. The Morgan fingerprint density at radius 2 is 1.68 bits per heavy atom. The molecule has 0 fully saturated rings. The van der Waals surface area contributed by atoms with E-state index in [2.05, 4.69) is 64.7 Å². The number of pyridine rings is 1. The van der Waals surface area contributed by atoms with Crippen LogP contribution in [0.25, 0.3) is 0 Å². The largest absolute Gasteiger partial charge is 0.314 e. The third-order valence-electron chi connectivity index (χ3n) is 2.95. The molecular formula is C16H21N3. The number of benzene rings is 1. The number of rotatable bonds is 6. The molecule has 0 spiro atoms. The zero-order valence-electron chi connectivity index (χ0n) is 11.6. The van der Waals surface area contributed by atoms with Crippen molar-refractivity contribution >= 4 is 0 Å². The summed E-state index contributed by atoms with van der Waals surface area (Å²) < 4.78 is 0. The maximum atomic E-state index is 4.64. The molecule has 0 saturated carbocycles. The molecule has 1 N–H and O–H groups in total. The smallest absolute Gasteiger partial charge is 0.0547 e.